The third kappa shape index (κ3) is 2.26. The van der Waals surface area contributed by atoms with Crippen LogP contribution in [-0.2, 0) is 0 Å². The molecule has 22 heavy (non-hydrogen) atoms. The van der Waals surface area contributed by atoms with E-state index in [0.29, 0.717) is 0 Å². The molecule has 0 aliphatic carbocycles. The van der Waals surface area contributed by atoms with Gasteiger partial charge in [0.05, 0.1) is 23.8 Å². The van der Waals surface area contributed by atoms with Gasteiger partial charge in [-0.2, -0.15) is 0 Å². The maximum absolute atomic E-state index is 5.96. The lowest BCUT2D eigenvalue weighted by atomic mass is 10.1. The Morgan fingerprint density at radius 2 is 1.55 bits per heavy atom. The average molecular weight is 306 g/mol. The van der Waals surface area contributed by atoms with Gasteiger partial charge in [0.25, 0.3) is 0 Å². The number of hydrogen-bond donors (Lipinski definition) is 0. The molecule has 2 aromatic carbocycles. The smallest absolute Gasteiger partial charge is 0.155 e. The summed E-state index contributed by atoms with van der Waals surface area (Å²) < 4.78 is 2.05. The number of halogens is 1. The highest BCUT2D eigenvalue weighted by molar-refractivity contribution is 6.30. The van der Waals surface area contributed by atoms with Gasteiger partial charge in [-0.25, -0.2) is 4.98 Å². The van der Waals surface area contributed by atoms with Crippen LogP contribution in [-0.4, -0.2) is 14.4 Å². The zero-order valence-corrected chi connectivity index (χ0v) is 12.4. The second-order valence-electron chi connectivity index (χ2n) is 5.02. The Hall–Kier alpha value is -2.65. The maximum Gasteiger partial charge on any atom is 0.155 e. The summed E-state index contributed by atoms with van der Waals surface area (Å²) in [5.74, 6) is 0. The van der Waals surface area contributed by atoms with E-state index < -0.39 is 0 Å². The summed E-state index contributed by atoms with van der Waals surface area (Å²) in [6.45, 7) is 0. The predicted octanol–water partition coefficient (Wildman–Crippen LogP) is 4.72. The molecule has 3 nitrogen and oxygen atoms in total. The second-order valence-corrected chi connectivity index (χ2v) is 5.45. The lowest BCUT2D eigenvalue weighted by Crippen LogP contribution is -1.92. The number of nitrogens with zero attached hydrogens (tertiary/aromatic N) is 3. The molecule has 0 radical (unpaired) electrons. The molecule has 4 rings (SSSR count). The summed E-state index contributed by atoms with van der Waals surface area (Å²) >= 11 is 5.96. The fourth-order valence-electron chi connectivity index (χ4n) is 2.48. The topological polar surface area (TPSA) is 30.2 Å². The van der Waals surface area contributed by atoms with Crippen molar-refractivity contribution < 1.29 is 0 Å². The van der Waals surface area contributed by atoms with Crippen molar-refractivity contribution in [1.82, 2.24) is 14.4 Å². The van der Waals surface area contributed by atoms with E-state index in [-0.39, 0.29) is 0 Å². The molecule has 0 amide bonds. The highest BCUT2D eigenvalue weighted by atomic mass is 35.5. The number of fused-ring (bicyclic) bond motifs is 1. The highest BCUT2D eigenvalue weighted by Crippen LogP contribution is 2.24. The summed E-state index contributed by atoms with van der Waals surface area (Å²) in [6, 6.07) is 17.9. The van der Waals surface area contributed by atoms with Gasteiger partial charge >= 0.3 is 0 Å². The molecule has 0 atom stereocenters. The van der Waals surface area contributed by atoms with Gasteiger partial charge in [-0.05, 0) is 12.1 Å². The Morgan fingerprint density at radius 3 is 2.32 bits per heavy atom. The Bertz CT molecular complexity index is 928. The van der Waals surface area contributed by atoms with E-state index in [9.17, 15) is 0 Å². The molecule has 0 unspecified atom stereocenters. The van der Waals surface area contributed by atoms with Crippen molar-refractivity contribution in [2.45, 2.75) is 0 Å². The minimum atomic E-state index is 0.726. The molecule has 0 saturated heterocycles. The van der Waals surface area contributed by atoms with Crippen molar-refractivity contribution in [3.63, 3.8) is 0 Å². The lowest BCUT2D eigenvalue weighted by Gasteiger charge is -2.05. The first-order valence-electron chi connectivity index (χ1n) is 6.96. The van der Waals surface area contributed by atoms with Crippen molar-refractivity contribution in [3.05, 3.63) is 78.2 Å². The first-order chi connectivity index (χ1) is 10.8. The van der Waals surface area contributed by atoms with Gasteiger partial charge in [0.2, 0.25) is 0 Å². The molecular weight excluding hydrogens is 294 g/mol. The maximum atomic E-state index is 5.96. The summed E-state index contributed by atoms with van der Waals surface area (Å²) in [6.07, 6.45) is 5.67. The summed E-state index contributed by atoms with van der Waals surface area (Å²) in [4.78, 5) is 8.91. The van der Waals surface area contributed by atoms with Crippen LogP contribution in [0.3, 0.4) is 0 Å². The zero-order chi connectivity index (χ0) is 14.9. The van der Waals surface area contributed by atoms with Crippen LogP contribution >= 0.6 is 11.6 Å². The zero-order valence-electron chi connectivity index (χ0n) is 11.6. The number of rotatable bonds is 2. The predicted molar refractivity (Wildman–Crippen MR) is 88.9 cm³/mol. The van der Waals surface area contributed by atoms with E-state index in [1.54, 1.807) is 6.20 Å². The first kappa shape index (κ1) is 13.0. The van der Waals surface area contributed by atoms with Crippen LogP contribution in [0.4, 0.5) is 0 Å². The van der Waals surface area contributed by atoms with Gasteiger partial charge in [0.15, 0.2) is 5.65 Å². The van der Waals surface area contributed by atoms with Crippen molar-refractivity contribution in [2.24, 2.45) is 0 Å². The molecule has 0 N–H and O–H groups in total. The largest absolute Gasteiger partial charge is 0.296 e. The highest BCUT2D eigenvalue weighted by Gasteiger charge is 2.08. The summed E-state index contributed by atoms with van der Waals surface area (Å²) in [7, 11) is 0. The molecule has 4 heteroatoms. The van der Waals surface area contributed by atoms with Gasteiger partial charge < -0.3 is 0 Å². The van der Waals surface area contributed by atoms with Crippen molar-refractivity contribution >= 4 is 17.2 Å². The molecule has 0 spiro atoms. The van der Waals surface area contributed by atoms with E-state index >= 15 is 0 Å². The Labute approximate surface area is 132 Å². The third-order valence-electron chi connectivity index (χ3n) is 3.61. The van der Waals surface area contributed by atoms with Gasteiger partial charge in [0, 0.05) is 22.3 Å². The van der Waals surface area contributed by atoms with Crippen LogP contribution < -0.4 is 0 Å². The Morgan fingerprint density at radius 1 is 0.773 bits per heavy atom. The lowest BCUT2D eigenvalue weighted by molar-refractivity contribution is 1.13. The van der Waals surface area contributed by atoms with Crippen LogP contribution in [0, 0.1) is 0 Å². The normalized spacial score (nSPS) is 11.0. The van der Waals surface area contributed by atoms with E-state index in [1.165, 1.54) is 0 Å². The second kappa shape index (κ2) is 5.28. The number of benzene rings is 2. The molecule has 0 aliphatic heterocycles. The minimum Gasteiger partial charge on any atom is -0.296 e. The van der Waals surface area contributed by atoms with E-state index in [2.05, 4.69) is 14.4 Å². The SMILES string of the molecule is Clc1ccc(-c2cnc3cnc(-c4ccccc4)cn23)cc1. The van der Waals surface area contributed by atoms with Crippen LogP contribution in [0.15, 0.2) is 73.2 Å². The van der Waals surface area contributed by atoms with E-state index in [1.807, 2.05) is 67.0 Å². The number of imidazole rings is 1. The van der Waals surface area contributed by atoms with Crippen LogP contribution in [0.2, 0.25) is 5.02 Å². The molecule has 0 aliphatic rings. The molecule has 0 fully saturated rings. The molecule has 2 heterocycles. The first-order valence-corrected chi connectivity index (χ1v) is 7.33. The van der Waals surface area contributed by atoms with Gasteiger partial charge in [-0.3, -0.25) is 9.38 Å². The monoisotopic (exact) mass is 305 g/mol. The van der Waals surface area contributed by atoms with E-state index in [0.717, 1.165) is 33.2 Å². The van der Waals surface area contributed by atoms with Gasteiger partial charge in [-0.15, -0.1) is 0 Å². The van der Waals surface area contributed by atoms with Crippen molar-refractivity contribution in [1.29, 1.82) is 0 Å². The Balaban J connectivity index is 1.88. The van der Waals surface area contributed by atoms with Crippen LogP contribution in [0.25, 0.3) is 28.2 Å². The summed E-state index contributed by atoms with van der Waals surface area (Å²) in [5, 5.41) is 0.726. The van der Waals surface area contributed by atoms with Crippen molar-refractivity contribution in [2.75, 3.05) is 0 Å². The summed E-state index contributed by atoms with van der Waals surface area (Å²) in [5.41, 5.74) is 4.92. The van der Waals surface area contributed by atoms with Gasteiger partial charge in [-0.1, -0.05) is 54.1 Å². The average Bonchev–Trinajstić information content (AvgIpc) is 2.99. The Kier molecular flexibility index (Phi) is 3.13. The molecule has 4 aromatic rings. The molecule has 0 saturated carbocycles. The van der Waals surface area contributed by atoms with E-state index in [4.69, 9.17) is 11.6 Å². The third-order valence-corrected chi connectivity index (χ3v) is 3.86. The van der Waals surface area contributed by atoms with Crippen LogP contribution in [0.1, 0.15) is 0 Å². The number of aromatic nitrogens is 3. The molecule has 0 bridgehead atoms. The fraction of sp³-hybridized carbons (Fsp3) is 0. The minimum absolute atomic E-state index is 0.726. The van der Waals surface area contributed by atoms with Crippen molar-refractivity contribution in [3.8, 4) is 22.5 Å². The number of hydrogen-bond acceptors (Lipinski definition) is 2. The fourth-order valence-corrected chi connectivity index (χ4v) is 2.61. The quantitative estimate of drug-likeness (QED) is 0.536. The molecular formula is C18H12ClN3. The van der Waals surface area contributed by atoms with Gasteiger partial charge in [0.1, 0.15) is 0 Å². The molecule has 2 aromatic heterocycles. The van der Waals surface area contributed by atoms with Crippen LogP contribution in [0.5, 0.6) is 0 Å². The standard InChI is InChI=1S/C18H12ClN3/c19-15-8-6-14(7-9-15)17-10-21-18-11-20-16(12-22(17)18)13-4-2-1-3-5-13/h1-12H. The molecule has 106 valence electrons.